The first-order chi connectivity index (χ1) is 10.7. The van der Waals surface area contributed by atoms with Gasteiger partial charge in [-0.3, -0.25) is 9.59 Å². The first kappa shape index (κ1) is 20.0. The van der Waals surface area contributed by atoms with Crippen molar-refractivity contribution in [2.24, 2.45) is 16.7 Å². The van der Waals surface area contributed by atoms with Gasteiger partial charge in [-0.15, -0.1) is 0 Å². The number of esters is 2. The number of hydrogen-bond acceptors (Lipinski definition) is 4. The first-order valence-electron chi connectivity index (χ1n) is 9.03. The van der Waals surface area contributed by atoms with Gasteiger partial charge in [-0.05, 0) is 62.7 Å². The Morgan fingerprint density at radius 2 is 1.52 bits per heavy atom. The van der Waals surface area contributed by atoms with Crippen LogP contribution >= 0.6 is 0 Å². The predicted molar refractivity (Wildman–Crippen MR) is 91.0 cm³/mol. The summed E-state index contributed by atoms with van der Waals surface area (Å²) in [5, 5.41) is 0. The molecule has 1 fully saturated rings. The van der Waals surface area contributed by atoms with Crippen LogP contribution in [-0.2, 0) is 19.1 Å². The van der Waals surface area contributed by atoms with Crippen LogP contribution in [0.3, 0.4) is 0 Å². The number of carbonyl (C=O) groups is 2. The van der Waals surface area contributed by atoms with E-state index in [1.165, 1.54) is 0 Å². The van der Waals surface area contributed by atoms with Crippen molar-refractivity contribution in [1.82, 2.24) is 0 Å². The minimum Gasteiger partial charge on any atom is -0.466 e. The van der Waals surface area contributed by atoms with Gasteiger partial charge >= 0.3 is 11.9 Å². The maximum Gasteiger partial charge on any atom is 0.306 e. The average Bonchev–Trinajstić information content (AvgIpc) is 2.45. The van der Waals surface area contributed by atoms with Gasteiger partial charge in [0.25, 0.3) is 0 Å². The number of ether oxygens (including phenoxy) is 2. The summed E-state index contributed by atoms with van der Waals surface area (Å²) in [7, 11) is 0. The van der Waals surface area contributed by atoms with Crippen LogP contribution in [0.4, 0.5) is 0 Å². The summed E-state index contributed by atoms with van der Waals surface area (Å²) in [5.41, 5.74) is 0.206. The lowest BCUT2D eigenvalue weighted by atomic mass is 9.61. The second-order valence-electron chi connectivity index (χ2n) is 7.93. The van der Waals surface area contributed by atoms with Crippen molar-refractivity contribution in [3.8, 4) is 0 Å². The highest BCUT2D eigenvalue weighted by Gasteiger charge is 2.40. The molecule has 0 unspecified atom stereocenters. The van der Waals surface area contributed by atoms with E-state index in [1.807, 2.05) is 13.8 Å². The standard InChI is InChI=1S/C19H34O4/c1-6-22-16(20)10-13-19(14-17(21)23-7-2)11-8-15(9-12-19)18(3,4)5/h15H,6-14H2,1-5H3. The van der Waals surface area contributed by atoms with Crippen LogP contribution in [0.1, 0.15) is 79.6 Å². The SMILES string of the molecule is CCOC(=O)CCC1(CC(=O)OCC)CCC(C(C)(C)C)CC1. The second kappa shape index (κ2) is 8.70. The molecule has 0 N–H and O–H groups in total. The van der Waals surface area contributed by atoms with E-state index in [9.17, 15) is 9.59 Å². The molecule has 1 saturated carbocycles. The molecule has 23 heavy (non-hydrogen) atoms. The van der Waals surface area contributed by atoms with E-state index in [0.717, 1.165) is 32.1 Å². The van der Waals surface area contributed by atoms with Gasteiger partial charge in [0.1, 0.15) is 0 Å². The normalized spacial score (nSPS) is 25.0. The summed E-state index contributed by atoms with van der Waals surface area (Å²) in [6, 6.07) is 0. The van der Waals surface area contributed by atoms with Gasteiger partial charge in [0, 0.05) is 6.42 Å². The Morgan fingerprint density at radius 3 is 2.00 bits per heavy atom. The Bertz CT molecular complexity index is 387. The van der Waals surface area contributed by atoms with Crippen molar-refractivity contribution < 1.29 is 19.1 Å². The van der Waals surface area contributed by atoms with Crippen LogP contribution in [0.25, 0.3) is 0 Å². The molecule has 0 heterocycles. The number of rotatable bonds is 7. The molecule has 0 atom stereocenters. The molecule has 134 valence electrons. The highest BCUT2D eigenvalue weighted by molar-refractivity contribution is 5.71. The van der Waals surface area contributed by atoms with Gasteiger partial charge in [0.15, 0.2) is 0 Å². The third-order valence-corrected chi connectivity index (χ3v) is 5.26. The van der Waals surface area contributed by atoms with Crippen LogP contribution in [0, 0.1) is 16.7 Å². The summed E-state index contributed by atoms with van der Waals surface area (Å²) in [4.78, 5) is 23.8. The topological polar surface area (TPSA) is 52.6 Å². The molecule has 4 nitrogen and oxygen atoms in total. The third kappa shape index (κ3) is 6.52. The van der Waals surface area contributed by atoms with Gasteiger partial charge < -0.3 is 9.47 Å². The lowest BCUT2D eigenvalue weighted by molar-refractivity contribution is -0.149. The van der Waals surface area contributed by atoms with Gasteiger partial charge in [0.05, 0.1) is 19.6 Å². The molecular formula is C19H34O4. The van der Waals surface area contributed by atoms with Crippen molar-refractivity contribution in [2.45, 2.75) is 79.6 Å². The quantitative estimate of drug-likeness (QED) is 0.646. The van der Waals surface area contributed by atoms with E-state index in [-0.39, 0.29) is 17.4 Å². The Kier molecular flexibility index (Phi) is 7.56. The van der Waals surface area contributed by atoms with Gasteiger partial charge in [-0.25, -0.2) is 0 Å². The molecule has 0 bridgehead atoms. The fourth-order valence-corrected chi connectivity index (χ4v) is 3.73. The van der Waals surface area contributed by atoms with Crippen molar-refractivity contribution >= 4 is 11.9 Å². The largest absolute Gasteiger partial charge is 0.466 e. The minimum absolute atomic E-state index is 0.0965. The number of hydrogen-bond donors (Lipinski definition) is 0. The Labute approximate surface area is 141 Å². The molecule has 0 aromatic carbocycles. The maximum atomic E-state index is 12.0. The van der Waals surface area contributed by atoms with Gasteiger partial charge in [0.2, 0.25) is 0 Å². The summed E-state index contributed by atoms with van der Waals surface area (Å²) >= 11 is 0. The van der Waals surface area contributed by atoms with Gasteiger partial charge in [-0.1, -0.05) is 20.8 Å². The van der Waals surface area contributed by atoms with E-state index in [1.54, 1.807) is 0 Å². The highest BCUT2D eigenvalue weighted by atomic mass is 16.5. The highest BCUT2D eigenvalue weighted by Crippen LogP contribution is 2.49. The molecule has 0 saturated heterocycles. The van der Waals surface area contributed by atoms with Crippen LogP contribution < -0.4 is 0 Å². The fraction of sp³-hybridized carbons (Fsp3) is 0.895. The van der Waals surface area contributed by atoms with E-state index >= 15 is 0 Å². The molecule has 0 amide bonds. The average molecular weight is 326 g/mol. The number of carbonyl (C=O) groups excluding carboxylic acids is 2. The molecule has 4 heteroatoms. The third-order valence-electron chi connectivity index (χ3n) is 5.26. The van der Waals surface area contributed by atoms with Crippen molar-refractivity contribution in [3.05, 3.63) is 0 Å². The Balaban J connectivity index is 2.70. The zero-order valence-electron chi connectivity index (χ0n) is 15.6. The molecule has 0 aliphatic heterocycles. The van der Waals surface area contributed by atoms with Crippen molar-refractivity contribution in [2.75, 3.05) is 13.2 Å². The van der Waals surface area contributed by atoms with Crippen LogP contribution in [0.2, 0.25) is 0 Å². The van der Waals surface area contributed by atoms with E-state index in [0.29, 0.717) is 37.4 Å². The smallest absolute Gasteiger partial charge is 0.306 e. The van der Waals surface area contributed by atoms with Crippen molar-refractivity contribution in [1.29, 1.82) is 0 Å². The zero-order chi connectivity index (χ0) is 17.5. The summed E-state index contributed by atoms with van der Waals surface area (Å²) in [5.74, 6) is 0.389. The Hall–Kier alpha value is -1.06. The van der Waals surface area contributed by atoms with Gasteiger partial charge in [-0.2, -0.15) is 0 Å². The molecule has 0 spiro atoms. The van der Waals surface area contributed by atoms with E-state index in [4.69, 9.17) is 9.47 Å². The minimum atomic E-state index is -0.159. The summed E-state index contributed by atoms with van der Waals surface area (Å²) in [6.45, 7) is 11.3. The lowest BCUT2D eigenvalue weighted by Crippen LogP contribution is -2.35. The lowest BCUT2D eigenvalue weighted by Gasteiger charge is -2.43. The van der Waals surface area contributed by atoms with E-state index < -0.39 is 0 Å². The Morgan fingerprint density at radius 1 is 1.00 bits per heavy atom. The zero-order valence-corrected chi connectivity index (χ0v) is 15.6. The molecule has 0 radical (unpaired) electrons. The molecule has 1 aliphatic carbocycles. The maximum absolute atomic E-state index is 12.0. The molecule has 0 aromatic heterocycles. The van der Waals surface area contributed by atoms with Crippen molar-refractivity contribution in [3.63, 3.8) is 0 Å². The molecule has 0 aromatic rings. The monoisotopic (exact) mass is 326 g/mol. The molecular weight excluding hydrogens is 292 g/mol. The summed E-state index contributed by atoms with van der Waals surface area (Å²) in [6.07, 6.45) is 5.77. The summed E-state index contributed by atoms with van der Waals surface area (Å²) < 4.78 is 10.2. The first-order valence-corrected chi connectivity index (χ1v) is 9.03. The fourth-order valence-electron chi connectivity index (χ4n) is 3.73. The molecule has 1 aliphatic rings. The van der Waals surface area contributed by atoms with Crippen LogP contribution in [-0.4, -0.2) is 25.2 Å². The predicted octanol–water partition coefficient (Wildman–Crippen LogP) is 4.51. The van der Waals surface area contributed by atoms with Crippen LogP contribution in [0.5, 0.6) is 0 Å². The van der Waals surface area contributed by atoms with Crippen LogP contribution in [0.15, 0.2) is 0 Å². The second-order valence-corrected chi connectivity index (χ2v) is 7.93. The van der Waals surface area contributed by atoms with E-state index in [2.05, 4.69) is 20.8 Å². The molecule has 1 rings (SSSR count).